The van der Waals surface area contributed by atoms with Crippen LogP contribution in [0.5, 0.6) is 0 Å². The zero-order valence-corrected chi connectivity index (χ0v) is 11.0. The summed E-state index contributed by atoms with van der Waals surface area (Å²) in [5, 5.41) is 6.85. The van der Waals surface area contributed by atoms with Crippen LogP contribution in [0.15, 0.2) is 23.1 Å². The third-order valence-electron chi connectivity index (χ3n) is 1.99. The standard InChI is InChI=1S/C9H7BrClN5O/c1-12-9(17)5-2-3-16(15-5)8-6(10)7(11)13-4-14-8/h2-4H,1H3,(H,12,17). The van der Waals surface area contributed by atoms with E-state index >= 15 is 0 Å². The minimum Gasteiger partial charge on any atom is -0.354 e. The van der Waals surface area contributed by atoms with Gasteiger partial charge < -0.3 is 5.32 Å². The molecule has 8 heteroatoms. The van der Waals surface area contributed by atoms with Gasteiger partial charge in [-0.15, -0.1) is 0 Å². The molecule has 0 unspecified atom stereocenters. The van der Waals surface area contributed by atoms with Crippen molar-refractivity contribution in [2.75, 3.05) is 7.05 Å². The number of carbonyl (C=O) groups is 1. The molecular formula is C9H7BrClN5O. The highest BCUT2D eigenvalue weighted by molar-refractivity contribution is 9.10. The number of aromatic nitrogens is 4. The summed E-state index contributed by atoms with van der Waals surface area (Å²) in [4.78, 5) is 19.2. The largest absolute Gasteiger partial charge is 0.354 e. The van der Waals surface area contributed by atoms with Crippen molar-refractivity contribution >= 4 is 33.4 Å². The minimum absolute atomic E-state index is 0.264. The zero-order chi connectivity index (χ0) is 12.4. The lowest BCUT2D eigenvalue weighted by atomic mass is 10.4. The number of halogens is 2. The number of hydrogen-bond acceptors (Lipinski definition) is 4. The van der Waals surface area contributed by atoms with E-state index in [4.69, 9.17) is 11.6 Å². The number of rotatable bonds is 2. The Balaban J connectivity index is 2.44. The fourth-order valence-corrected chi connectivity index (χ4v) is 1.71. The van der Waals surface area contributed by atoms with Crippen LogP contribution in [0.4, 0.5) is 0 Å². The molecule has 88 valence electrons. The van der Waals surface area contributed by atoms with Crippen molar-refractivity contribution in [3.63, 3.8) is 0 Å². The van der Waals surface area contributed by atoms with Crippen molar-refractivity contribution in [2.45, 2.75) is 0 Å². The van der Waals surface area contributed by atoms with Gasteiger partial charge in [-0.3, -0.25) is 4.79 Å². The van der Waals surface area contributed by atoms with Gasteiger partial charge in [-0.2, -0.15) is 5.10 Å². The Labute approximate surface area is 110 Å². The van der Waals surface area contributed by atoms with Crippen molar-refractivity contribution in [1.82, 2.24) is 25.1 Å². The smallest absolute Gasteiger partial charge is 0.271 e. The van der Waals surface area contributed by atoms with Crippen LogP contribution in [-0.4, -0.2) is 32.7 Å². The van der Waals surface area contributed by atoms with E-state index in [0.29, 0.717) is 16.0 Å². The maximum atomic E-state index is 11.4. The predicted molar refractivity (Wildman–Crippen MR) is 65.3 cm³/mol. The number of amides is 1. The first kappa shape index (κ1) is 12.0. The Morgan fingerprint density at radius 1 is 1.53 bits per heavy atom. The lowest BCUT2D eigenvalue weighted by molar-refractivity contribution is 0.0957. The van der Waals surface area contributed by atoms with E-state index in [2.05, 4.69) is 36.3 Å². The van der Waals surface area contributed by atoms with E-state index in [-0.39, 0.29) is 11.1 Å². The van der Waals surface area contributed by atoms with Gasteiger partial charge in [-0.1, -0.05) is 11.6 Å². The van der Waals surface area contributed by atoms with E-state index in [1.165, 1.54) is 11.0 Å². The maximum Gasteiger partial charge on any atom is 0.271 e. The second kappa shape index (κ2) is 4.80. The summed E-state index contributed by atoms with van der Waals surface area (Å²) in [5.74, 6) is 0.208. The van der Waals surface area contributed by atoms with E-state index in [1.54, 1.807) is 19.3 Å². The topological polar surface area (TPSA) is 72.7 Å². The first-order valence-electron chi connectivity index (χ1n) is 4.57. The van der Waals surface area contributed by atoms with E-state index < -0.39 is 0 Å². The first-order chi connectivity index (χ1) is 8.13. The molecule has 0 aliphatic heterocycles. The second-order valence-corrected chi connectivity index (χ2v) is 4.18. The second-order valence-electron chi connectivity index (χ2n) is 3.03. The van der Waals surface area contributed by atoms with Crippen LogP contribution in [-0.2, 0) is 0 Å². The van der Waals surface area contributed by atoms with Gasteiger partial charge in [0.1, 0.15) is 11.5 Å². The Morgan fingerprint density at radius 3 is 3.00 bits per heavy atom. The highest BCUT2D eigenvalue weighted by Gasteiger charge is 2.12. The fraction of sp³-hybridized carbons (Fsp3) is 0.111. The molecule has 6 nitrogen and oxygen atoms in total. The van der Waals surface area contributed by atoms with E-state index in [0.717, 1.165) is 0 Å². The molecule has 2 heterocycles. The molecule has 0 saturated heterocycles. The molecule has 2 aromatic heterocycles. The zero-order valence-electron chi connectivity index (χ0n) is 8.69. The highest BCUT2D eigenvalue weighted by Crippen LogP contribution is 2.24. The van der Waals surface area contributed by atoms with Crippen LogP contribution in [0.1, 0.15) is 10.5 Å². The van der Waals surface area contributed by atoms with Crippen LogP contribution < -0.4 is 5.32 Å². The molecule has 2 aromatic rings. The summed E-state index contributed by atoms with van der Waals surface area (Å²) in [6.07, 6.45) is 2.94. The predicted octanol–water partition coefficient (Wildman–Crippen LogP) is 1.44. The van der Waals surface area contributed by atoms with Gasteiger partial charge in [-0.25, -0.2) is 14.6 Å². The average molecular weight is 317 g/mol. The monoisotopic (exact) mass is 315 g/mol. The quantitative estimate of drug-likeness (QED) is 0.851. The normalized spacial score (nSPS) is 10.3. The maximum absolute atomic E-state index is 11.4. The molecule has 1 N–H and O–H groups in total. The molecule has 1 amide bonds. The first-order valence-corrected chi connectivity index (χ1v) is 5.74. The number of nitrogens with one attached hydrogen (secondary N) is 1. The summed E-state index contributed by atoms with van der Waals surface area (Å²) in [6.45, 7) is 0. The van der Waals surface area contributed by atoms with Gasteiger partial charge in [0.15, 0.2) is 11.5 Å². The molecule has 0 aromatic carbocycles. The third-order valence-corrected chi connectivity index (χ3v) is 3.24. The van der Waals surface area contributed by atoms with Crippen molar-refractivity contribution in [3.8, 4) is 5.82 Å². The van der Waals surface area contributed by atoms with Gasteiger partial charge in [-0.05, 0) is 22.0 Å². The van der Waals surface area contributed by atoms with Crippen LogP contribution in [0, 0.1) is 0 Å². The molecule has 0 aliphatic rings. The Kier molecular flexibility index (Phi) is 3.39. The Morgan fingerprint density at radius 2 is 2.29 bits per heavy atom. The number of nitrogens with zero attached hydrogens (tertiary/aromatic N) is 4. The van der Waals surface area contributed by atoms with Gasteiger partial charge >= 0.3 is 0 Å². The lowest BCUT2D eigenvalue weighted by Gasteiger charge is -2.03. The summed E-state index contributed by atoms with van der Waals surface area (Å²) < 4.78 is 1.97. The molecule has 0 aliphatic carbocycles. The molecule has 17 heavy (non-hydrogen) atoms. The Hall–Kier alpha value is -1.47. The van der Waals surface area contributed by atoms with Gasteiger partial charge in [0, 0.05) is 13.2 Å². The Bertz CT molecular complexity index is 570. The average Bonchev–Trinajstić information content (AvgIpc) is 2.81. The van der Waals surface area contributed by atoms with Crippen LogP contribution in [0.25, 0.3) is 5.82 Å². The van der Waals surface area contributed by atoms with Gasteiger partial charge in [0.25, 0.3) is 5.91 Å². The molecule has 2 rings (SSSR count). The molecule has 0 radical (unpaired) electrons. The summed E-state index contributed by atoms with van der Waals surface area (Å²) in [5.41, 5.74) is 0.300. The third kappa shape index (κ3) is 2.29. The molecule has 0 spiro atoms. The van der Waals surface area contributed by atoms with Crippen LogP contribution in [0.2, 0.25) is 5.15 Å². The lowest BCUT2D eigenvalue weighted by Crippen LogP contribution is -2.18. The van der Waals surface area contributed by atoms with Crippen LogP contribution >= 0.6 is 27.5 Å². The molecule has 0 fully saturated rings. The SMILES string of the molecule is CNC(=O)c1ccn(-c2ncnc(Cl)c2Br)n1. The summed E-state index contributed by atoms with van der Waals surface area (Å²) in [7, 11) is 1.54. The van der Waals surface area contributed by atoms with Crippen molar-refractivity contribution in [1.29, 1.82) is 0 Å². The van der Waals surface area contributed by atoms with Crippen LogP contribution in [0.3, 0.4) is 0 Å². The van der Waals surface area contributed by atoms with E-state index in [9.17, 15) is 4.79 Å². The molecule has 0 saturated carbocycles. The molecule has 0 atom stereocenters. The number of hydrogen-bond donors (Lipinski definition) is 1. The number of carbonyl (C=O) groups excluding carboxylic acids is 1. The minimum atomic E-state index is -0.264. The molecule has 0 bridgehead atoms. The van der Waals surface area contributed by atoms with Crippen molar-refractivity contribution in [3.05, 3.63) is 33.9 Å². The summed E-state index contributed by atoms with van der Waals surface area (Å²) in [6, 6.07) is 1.58. The highest BCUT2D eigenvalue weighted by atomic mass is 79.9. The van der Waals surface area contributed by atoms with E-state index in [1.807, 2.05) is 0 Å². The van der Waals surface area contributed by atoms with Gasteiger partial charge in [0.2, 0.25) is 0 Å². The fourth-order valence-electron chi connectivity index (χ4n) is 1.19. The summed E-state index contributed by atoms with van der Waals surface area (Å²) >= 11 is 9.10. The van der Waals surface area contributed by atoms with Gasteiger partial charge in [0.05, 0.1) is 4.47 Å². The van der Waals surface area contributed by atoms with Crippen molar-refractivity contribution in [2.24, 2.45) is 0 Å². The molecular weight excluding hydrogens is 309 g/mol. The van der Waals surface area contributed by atoms with Crippen molar-refractivity contribution < 1.29 is 4.79 Å².